The van der Waals surface area contributed by atoms with Gasteiger partial charge in [-0.05, 0) is 82.6 Å². The molecular weight excluding hydrogens is 388 g/mol. The van der Waals surface area contributed by atoms with E-state index in [1.807, 2.05) is 13.8 Å². The summed E-state index contributed by atoms with van der Waals surface area (Å²) in [6, 6.07) is 0. The average molecular weight is 419 g/mol. The lowest BCUT2D eigenvalue weighted by atomic mass is 9.53. The molecule has 158 valence electrons. The van der Waals surface area contributed by atoms with E-state index >= 15 is 0 Å². The molecule has 4 aliphatic carbocycles. The second-order valence-electron chi connectivity index (χ2n) is 9.40. The standard InChI is InChI=1S/C22H30N2O4S/c1-11-13(3)29-20(23-14(4)25)18(11)21(27)28-12(2)19(26)24-22-8-15-5-16(9-22)7-17(6-15)10-22/h12,15-17H,5-10H2,1-4H3,(H,23,25)(H,24,26)/t12-,15?,16?,17?,22?/m0/s1. The first-order chi connectivity index (χ1) is 13.7. The number of rotatable bonds is 5. The Hall–Kier alpha value is -1.89. The van der Waals surface area contributed by atoms with E-state index in [1.54, 1.807) is 6.92 Å². The minimum atomic E-state index is -0.875. The van der Waals surface area contributed by atoms with Gasteiger partial charge in [-0.25, -0.2) is 4.79 Å². The maximum absolute atomic E-state index is 12.9. The highest BCUT2D eigenvalue weighted by atomic mass is 32.1. The van der Waals surface area contributed by atoms with Gasteiger partial charge >= 0.3 is 5.97 Å². The Balaban J connectivity index is 1.43. The van der Waals surface area contributed by atoms with Gasteiger partial charge < -0.3 is 15.4 Å². The summed E-state index contributed by atoms with van der Waals surface area (Å²) in [5.74, 6) is 1.17. The fourth-order valence-electron chi connectivity index (χ4n) is 6.02. The highest BCUT2D eigenvalue weighted by molar-refractivity contribution is 7.16. The normalized spacial score (nSPS) is 30.7. The number of anilines is 1. The first-order valence-electron chi connectivity index (χ1n) is 10.6. The van der Waals surface area contributed by atoms with E-state index in [9.17, 15) is 14.4 Å². The summed E-state index contributed by atoms with van der Waals surface area (Å²) < 4.78 is 5.53. The number of nitrogens with one attached hydrogen (secondary N) is 2. The van der Waals surface area contributed by atoms with Crippen molar-refractivity contribution in [2.75, 3.05) is 5.32 Å². The third-order valence-corrected chi connectivity index (χ3v) is 8.08. The molecule has 7 heteroatoms. The Kier molecular flexibility index (Phi) is 5.21. The number of aryl methyl sites for hydroxylation is 1. The van der Waals surface area contributed by atoms with Gasteiger partial charge in [0, 0.05) is 17.3 Å². The van der Waals surface area contributed by atoms with Crippen LogP contribution in [0.3, 0.4) is 0 Å². The topological polar surface area (TPSA) is 84.5 Å². The molecule has 4 fully saturated rings. The van der Waals surface area contributed by atoms with Crippen molar-refractivity contribution in [2.45, 2.75) is 77.9 Å². The van der Waals surface area contributed by atoms with E-state index in [0.717, 1.165) is 47.5 Å². The van der Waals surface area contributed by atoms with Crippen molar-refractivity contribution in [3.8, 4) is 0 Å². The summed E-state index contributed by atoms with van der Waals surface area (Å²) in [7, 11) is 0. The average Bonchev–Trinajstić information content (AvgIpc) is 2.86. The Morgan fingerprint density at radius 2 is 1.62 bits per heavy atom. The van der Waals surface area contributed by atoms with Crippen molar-refractivity contribution >= 4 is 34.1 Å². The zero-order valence-corrected chi connectivity index (χ0v) is 18.4. The van der Waals surface area contributed by atoms with Gasteiger partial charge in [0.1, 0.15) is 5.00 Å². The quantitative estimate of drug-likeness (QED) is 0.709. The predicted molar refractivity (Wildman–Crippen MR) is 112 cm³/mol. The Morgan fingerprint density at radius 1 is 1.07 bits per heavy atom. The van der Waals surface area contributed by atoms with Gasteiger partial charge in [-0.15, -0.1) is 11.3 Å². The minimum absolute atomic E-state index is 0.108. The van der Waals surface area contributed by atoms with Crippen molar-refractivity contribution in [1.29, 1.82) is 0 Å². The van der Waals surface area contributed by atoms with Crippen molar-refractivity contribution in [1.82, 2.24) is 5.32 Å². The van der Waals surface area contributed by atoms with Gasteiger partial charge in [-0.2, -0.15) is 0 Å². The highest BCUT2D eigenvalue weighted by Gasteiger charge is 2.51. The van der Waals surface area contributed by atoms with Crippen LogP contribution >= 0.6 is 11.3 Å². The summed E-state index contributed by atoms with van der Waals surface area (Å²) in [4.78, 5) is 38.1. The van der Waals surface area contributed by atoms with Crippen LogP contribution in [0.5, 0.6) is 0 Å². The molecule has 0 unspecified atom stereocenters. The Morgan fingerprint density at radius 3 is 2.14 bits per heavy atom. The summed E-state index contributed by atoms with van der Waals surface area (Å²) in [5.41, 5.74) is 1.01. The molecule has 1 heterocycles. The third kappa shape index (κ3) is 3.93. The van der Waals surface area contributed by atoms with Crippen LogP contribution in [0.15, 0.2) is 0 Å². The fourth-order valence-corrected chi connectivity index (χ4v) is 7.11. The van der Waals surface area contributed by atoms with Crippen LogP contribution in [0, 0.1) is 31.6 Å². The number of thiophene rings is 1. The molecule has 4 aliphatic rings. The van der Waals surface area contributed by atoms with E-state index in [1.165, 1.54) is 37.5 Å². The molecule has 1 aromatic heterocycles. The maximum atomic E-state index is 12.9. The van der Waals surface area contributed by atoms with Crippen molar-refractivity contribution in [3.05, 3.63) is 16.0 Å². The number of esters is 1. The molecule has 1 atom stereocenters. The van der Waals surface area contributed by atoms with Gasteiger partial charge in [-0.1, -0.05) is 0 Å². The molecule has 6 nitrogen and oxygen atoms in total. The largest absolute Gasteiger partial charge is 0.449 e. The molecule has 0 spiro atoms. The van der Waals surface area contributed by atoms with Crippen LogP contribution in [0.1, 0.15) is 73.2 Å². The molecule has 0 radical (unpaired) electrons. The second kappa shape index (κ2) is 7.42. The molecule has 4 saturated carbocycles. The molecule has 29 heavy (non-hydrogen) atoms. The molecule has 5 rings (SSSR count). The van der Waals surface area contributed by atoms with E-state index in [-0.39, 0.29) is 17.4 Å². The van der Waals surface area contributed by atoms with E-state index in [0.29, 0.717) is 10.6 Å². The highest BCUT2D eigenvalue weighted by Crippen LogP contribution is 2.55. The van der Waals surface area contributed by atoms with Crippen LogP contribution < -0.4 is 10.6 Å². The van der Waals surface area contributed by atoms with Gasteiger partial charge in [0.2, 0.25) is 5.91 Å². The monoisotopic (exact) mass is 418 g/mol. The van der Waals surface area contributed by atoms with Crippen LogP contribution in [0.25, 0.3) is 0 Å². The number of carbonyl (C=O) groups is 3. The summed E-state index contributed by atoms with van der Waals surface area (Å²) in [6.45, 7) is 6.75. The first kappa shape index (κ1) is 20.4. The minimum Gasteiger partial charge on any atom is -0.449 e. The molecule has 4 bridgehead atoms. The predicted octanol–water partition coefficient (Wildman–Crippen LogP) is 3.95. The zero-order valence-electron chi connectivity index (χ0n) is 17.6. The summed E-state index contributed by atoms with van der Waals surface area (Å²) in [6.07, 6.45) is 6.22. The van der Waals surface area contributed by atoms with E-state index in [2.05, 4.69) is 10.6 Å². The fraction of sp³-hybridized carbons (Fsp3) is 0.682. The van der Waals surface area contributed by atoms with Crippen LogP contribution in [0.2, 0.25) is 0 Å². The lowest BCUT2D eigenvalue weighted by Crippen LogP contribution is -2.61. The first-order valence-corrected chi connectivity index (χ1v) is 11.4. The van der Waals surface area contributed by atoms with Crippen molar-refractivity contribution < 1.29 is 19.1 Å². The molecule has 2 N–H and O–H groups in total. The van der Waals surface area contributed by atoms with E-state index in [4.69, 9.17) is 4.74 Å². The number of carbonyl (C=O) groups excluding carboxylic acids is 3. The molecule has 0 aromatic carbocycles. The van der Waals surface area contributed by atoms with Crippen molar-refractivity contribution in [2.24, 2.45) is 17.8 Å². The number of hydrogen-bond donors (Lipinski definition) is 2. The SMILES string of the molecule is CC(=O)Nc1sc(C)c(C)c1C(=O)O[C@@H](C)C(=O)NC12CC3CC(CC(C3)C1)C2. The maximum Gasteiger partial charge on any atom is 0.342 e. The number of amides is 2. The number of ether oxygens (including phenoxy) is 1. The van der Waals surface area contributed by atoms with Crippen molar-refractivity contribution in [3.63, 3.8) is 0 Å². The molecular formula is C22H30N2O4S. The Bertz CT molecular complexity index is 824. The van der Waals surface area contributed by atoms with Gasteiger partial charge in [0.05, 0.1) is 5.56 Å². The molecule has 2 amide bonds. The smallest absolute Gasteiger partial charge is 0.342 e. The lowest BCUT2D eigenvalue weighted by molar-refractivity contribution is -0.134. The summed E-state index contributed by atoms with van der Waals surface area (Å²) >= 11 is 1.34. The van der Waals surface area contributed by atoms with E-state index < -0.39 is 12.1 Å². The van der Waals surface area contributed by atoms with Gasteiger partial charge in [0.25, 0.3) is 5.91 Å². The van der Waals surface area contributed by atoms with Crippen LogP contribution in [0.4, 0.5) is 5.00 Å². The Labute approximate surface area is 175 Å². The molecule has 1 aromatic rings. The van der Waals surface area contributed by atoms with Gasteiger partial charge in [-0.3, -0.25) is 9.59 Å². The van der Waals surface area contributed by atoms with Gasteiger partial charge in [0.15, 0.2) is 6.10 Å². The summed E-state index contributed by atoms with van der Waals surface area (Å²) in [5, 5.41) is 6.44. The second-order valence-corrected chi connectivity index (χ2v) is 10.6. The zero-order chi connectivity index (χ0) is 20.9. The molecule has 0 saturated heterocycles. The molecule has 0 aliphatic heterocycles. The van der Waals surface area contributed by atoms with Crippen LogP contribution in [-0.2, 0) is 14.3 Å². The lowest BCUT2D eigenvalue weighted by Gasteiger charge is -2.57. The third-order valence-electron chi connectivity index (χ3n) is 6.96. The van der Waals surface area contributed by atoms with Crippen LogP contribution in [-0.4, -0.2) is 29.4 Å². The number of hydrogen-bond acceptors (Lipinski definition) is 5.